The number of rotatable bonds is 6. The zero-order chi connectivity index (χ0) is 18.6. The second-order valence-electron chi connectivity index (χ2n) is 7.10. The lowest BCUT2D eigenvalue weighted by molar-refractivity contribution is -0.131. The number of hydrogen-bond donors (Lipinski definition) is 0. The van der Waals surface area contributed by atoms with Gasteiger partial charge in [-0.15, -0.1) is 0 Å². The third-order valence-corrected chi connectivity index (χ3v) is 6.45. The van der Waals surface area contributed by atoms with Crippen molar-refractivity contribution in [2.75, 3.05) is 37.7 Å². The van der Waals surface area contributed by atoms with Crippen LogP contribution in [0.15, 0.2) is 58.3 Å². The molecule has 2 aromatic carbocycles. The molecule has 0 spiro atoms. The Bertz CT molecular complexity index is 759. The molecule has 27 heavy (non-hydrogen) atoms. The van der Waals surface area contributed by atoms with Crippen molar-refractivity contribution >= 4 is 29.0 Å². The monoisotopic (exact) mass is 382 g/mol. The molecule has 5 heteroatoms. The Labute approximate surface area is 165 Å². The Morgan fingerprint density at radius 1 is 1.15 bits per heavy atom. The van der Waals surface area contributed by atoms with Crippen LogP contribution in [0, 0.1) is 5.92 Å². The van der Waals surface area contributed by atoms with Crippen LogP contribution in [0.3, 0.4) is 0 Å². The third kappa shape index (κ3) is 3.99. The van der Waals surface area contributed by atoms with Gasteiger partial charge >= 0.3 is 0 Å². The maximum absolute atomic E-state index is 12.9. The summed E-state index contributed by atoms with van der Waals surface area (Å²) in [5, 5.41) is 0. The molecule has 0 N–H and O–H groups in total. The number of para-hydroxylation sites is 2. The van der Waals surface area contributed by atoms with Gasteiger partial charge in [-0.05, 0) is 37.6 Å². The number of ether oxygens (including phenoxy) is 1. The van der Waals surface area contributed by atoms with Crippen molar-refractivity contribution in [1.82, 2.24) is 4.90 Å². The quantitative estimate of drug-likeness (QED) is 0.733. The van der Waals surface area contributed by atoms with Crippen LogP contribution in [-0.4, -0.2) is 43.7 Å². The van der Waals surface area contributed by atoms with Gasteiger partial charge in [0.05, 0.1) is 18.0 Å². The zero-order valence-electron chi connectivity index (χ0n) is 15.8. The van der Waals surface area contributed by atoms with Crippen LogP contribution >= 0.6 is 11.8 Å². The van der Waals surface area contributed by atoms with E-state index in [1.165, 1.54) is 21.2 Å². The maximum atomic E-state index is 12.9. The van der Waals surface area contributed by atoms with Gasteiger partial charge < -0.3 is 14.5 Å². The van der Waals surface area contributed by atoms with E-state index in [2.05, 4.69) is 60.4 Å². The molecule has 1 saturated heterocycles. The van der Waals surface area contributed by atoms with E-state index < -0.39 is 0 Å². The number of carbonyl (C=O) groups is 1. The maximum Gasteiger partial charge on any atom is 0.224 e. The first-order chi connectivity index (χ1) is 13.3. The van der Waals surface area contributed by atoms with Crippen LogP contribution < -0.4 is 4.90 Å². The molecule has 0 radical (unpaired) electrons. The average Bonchev–Trinajstić information content (AvgIpc) is 3.22. The van der Waals surface area contributed by atoms with Crippen LogP contribution in [0.4, 0.5) is 11.4 Å². The normalized spacial score (nSPS) is 18.1. The van der Waals surface area contributed by atoms with E-state index in [4.69, 9.17) is 4.74 Å². The van der Waals surface area contributed by atoms with Crippen LogP contribution in [0.5, 0.6) is 0 Å². The zero-order valence-corrected chi connectivity index (χ0v) is 16.6. The van der Waals surface area contributed by atoms with Crippen LogP contribution in [-0.2, 0) is 9.53 Å². The molecule has 0 aliphatic carbocycles. The fourth-order valence-corrected chi connectivity index (χ4v) is 4.93. The number of fused-ring (bicyclic) bond motifs is 2. The lowest BCUT2D eigenvalue weighted by Crippen LogP contribution is -2.37. The fraction of sp³-hybridized carbons (Fsp3) is 0.409. The van der Waals surface area contributed by atoms with Crippen molar-refractivity contribution in [3.05, 3.63) is 48.5 Å². The smallest absolute Gasteiger partial charge is 0.224 e. The highest BCUT2D eigenvalue weighted by Gasteiger charge is 2.25. The Hall–Kier alpha value is -1.98. The molecule has 0 saturated carbocycles. The molecule has 142 valence electrons. The lowest BCUT2D eigenvalue weighted by atomic mass is 10.1. The average molecular weight is 383 g/mol. The highest BCUT2D eigenvalue weighted by Crippen LogP contribution is 2.47. The highest BCUT2D eigenvalue weighted by atomic mass is 32.2. The van der Waals surface area contributed by atoms with Crippen LogP contribution in [0.1, 0.15) is 19.8 Å². The van der Waals surface area contributed by atoms with Crippen molar-refractivity contribution in [2.24, 2.45) is 5.92 Å². The van der Waals surface area contributed by atoms with Gasteiger partial charge in [0.15, 0.2) is 0 Å². The molecule has 1 atom stereocenters. The van der Waals surface area contributed by atoms with Crippen molar-refractivity contribution in [3.8, 4) is 0 Å². The second kappa shape index (κ2) is 8.36. The van der Waals surface area contributed by atoms with Gasteiger partial charge in [-0.25, -0.2) is 0 Å². The molecule has 4 nitrogen and oxygen atoms in total. The summed E-state index contributed by atoms with van der Waals surface area (Å²) < 4.78 is 5.47. The van der Waals surface area contributed by atoms with Crippen molar-refractivity contribution < 1.29 is 9.53 Å². The molecular formula is C22H26N2O2S. The van der Waals surface area contributed by atoms with E-state index in [1.807, 2.05) is 4.90 Å². The van der Waals surface area contributed by atoms with E-state index >= 15 is 0 Å². The van der Waals surface area contributed by atoms with Gasteiger partial charge in [0, 0.05) is 48.4 Å². The Morgan fingerprint density at radius 3 is 2.41 bits per heavy atom. The van der Waals surface area contributed by atoms with Gasteiger partial charge in [0.25, 0.3) is 0 Å². The molecule has 1 amide bonds. The predicted molar refractivity (Wildman–Crippen MR) is 110 cm³/mol. The van der Waals surface area contributed by atoms with Crippen molar-refractivity contribution in [3.63, 3.8) is 0 Å². The van der Waals surface area contributed by atoms with E-state index in [9.17, 15) is 4.79 Å². The lowest BCUT2D eigenvalue weighted by Gasteiger charge is -2.33. The van der Waals surface area contributed by atoms with Crippen molar-refractivity contribution in [2.45, 2.75) is 29.6 Å². The van der Waals surface area contributed by atoms with Gasteiger partial charge in [0.2, 0.25) is 5.91 Å². The molecule has 4 rings (SSSR count). The van der Waals surface area contributed by atoms with Gasteiger partial charge in [-0.2, -0.15) is 0 Å². The minimum absolute atomic E-state index is 0.234. The standard InChI is InChI=1S/C22H26N2O2S/c1-2-23(15-17-12-14-26-16-17)22(25)11-13-24-18-7-3-5-9-20(18)27-21-10-6-4-8-19(21)24/h3-10,17H,2,11-16H2,1H3. The summed E-state index contributed by atoms with van der Waals surface area (Å²) >= 11 is 1.80. The first-order valence-corrected chi connectivity index (χ1v) is 10.6. The second-order valence-corrected chi connectivity index (χ2v) is 8.18. The molecule has 1 unspecified atom stereocenters. The molecule has 0 bridgehead atoms. The van der Waals surface area contributed by atoms with Crippen LogP contribution in [0.25, 0.3) is 0 Å². The van der Waals surface area contributed by atoms with Crippen LogP contribution in [0.2, 0.25) is 0 Å². The Balaban J connectivity index is 1.48. The Morgan fingerprint density at radius 2 is 1.81 bits per heavy atom. The van der Waals surface area contributed by atoms with Gasteiger partial charge in [-0.1, -0.05) is 36.0 Å². The van der Waals surface area contributed by atoms with Crippen molar-refractivity contribution in [1.29, 1.82) is 0 Å². The topological polar surface area (TPSA) is 32.8 Å². The summed E-state index contributed by atoms with van der Waals surface area (Å²) in [6.07, 6.45) is 1.59. The highest BCUT2D eigenvalue weighted by molar-refractivity contribution is 7.99. The number of carbonyl (C=O) groups excluding carboxylic acids is 1. The summed E-state index contributed by atoms with van der Waals surface area (Å²) in [6.45, 7) is 5.96. The minimum Gasteiger partial charge on any atom is -0.381 e. The number of anilines is 2. The predicted octanol–water partition coefficient (Wildman–Crippen LogP) is 4.56. The summed E-state index contributed by atoms with van der Waals surface area (Å²) in [7, 11) is 0. The van der Waals surface area contributed by atoms with E-state index in [1.54, 1.807) is 11.8 Å². The summed E-state index contributed by atoms with van der Waals surface area (Å²) in [5.41, 5.74) is 2.39. The molecule has 2 heterocycles. The minimum atomic E-state index is 0.234. The molecule has 2 aliphatic heterocycles. The molecule has 1 fully saturated rings. The van der Waals surface area contributed by atoms with E-state index in [0.29, 0.717) is 18.9 Å². The Kier molecular flexibility index (Phi) is 5.69. The number of amides is 1. The first kappa shape index (κ1) is 18.4. The summed E-state index contributed by atoms with van der Waals surface area (Å²) in [5.74, 6) is 0.722. The summed E-state index contributed by atoms with van der Waals surface area (Å²) in [4.78, 5) is 19.7. The largest absolute Gasteiger partial charge is 0.381 e. The number of nitrogens with zero attached hydrogens (tertiary/aromatic N) is 2. The number of benzene rings is 2. The van der Waals surface area contributed by atoms with E-state index in [0.717, 1.165) is 32.7 Å². The third-order valence-electron chi connectivity index (χ3n) is 5.32. The molecule has 0 aromatic heterocycles. The molecule has 2 aliphatic rings. The fourth-order valence-electron chi connectivity index (χ4n) is 3.83. The van der Waals surface area contributed by atoms with Gasteiger partial charge in [0.1, 0.15) is 0 Å². The molecule has 2 aromatic rings. The van der Waals surface area contributed by atoms with Gasteiger partial charge in [-0.3, -0.25) is 4.79 Å². The van der Waals surface area contributed by atoms with E-state index in [-0.39, 0.29) is 5.91 Å². The summed E-state index contributed by atoms with van der Waals surface area (Å²) in [6, 6.07) is 16.9. The SMILES string of the molecule is CCN(CC1CCOC1)C(=O)CCN1c2ccccc2Sc2ccccc21. The first-order valence-electron chi connectivity index (χ1n) is 9.75. The molecular weight excluding hydrogens is 356 g/mol. The number of hydrogen-bond acceptors (Lipinski definition) is 4.